The maximum Gasteiger partial charge on any atom is 0.165 e. The fourth-order valence-electron chi connectivity index (χ4n) is 3.42. The van der Waals surface area contributed by atoms with Crippen LogP contribution in [0.2, 0.25) is 0 Å². The Balaban J connectivity index is 1.56. The number of aromatic nitrogens is 4. The molecule has 0 radical (unpaired) electrons. The molecule has 0 bridgehead atoms. The van der Waals surface area contributed by atoms with Crippen molar-refractivity contribution in [3.05, 3.63) is 67.3 Å². The Labute approximate surface area is 157 Å². The first-order valence-corrected chi connectivity index (χ1v) is 9.07. The van der Waals surface area contributed by atoms with Crippen LogP contribution in [0, 0.1) is 0 Å². The SMILES string of the molecule is c1ccn(-c2nc(-c3ccc(N4CCOCC4)cc3)cc3nccnc23)c1. The van der Waals surface area contributed by atoms with Crippen LogP contribution in [0.15, 0.2) is 67.3 Å². The van der Waals surface area contributed by atoms with Crippen molar-refractivity contribution in [2.45, 2.75) is 0 Å². The van der Waals surface area contributed by atoms with E-state index in [0.717, 1.165) is 54.4 Å². The average molecular weight is 357 g/mol. The zero-order valence-corrected chi connectivity index (χ0v) is 14.8. The predicted molar refractivity (Wildman–Crippen MR) is 105 cm³/mol. The van der Waals surface area contributed by atoms with Crippen LogP contribution in [-0.2, 0) is 4.74 Å². The third kappa shape index (κ3) is 3.04. The van der Waals surface area contributed by atoms with Gasteiger partial charge in [-0.25, -0.2) is 9.97 Å². The van der Waals surface area contributed by atoms with Crippen molar-refractivity contribution >= 4 is 16.7 Å². The molecule has 0 atom stereocenters. The van der Waals surface area contributed by atoms with Crippen molar-refractivity contribution in [2.24, 2.45) is 0 Å². The van der Waals surface area contributed by atoms with E-state index in [4.69, 9.17) is 9.72 Å². The zero-order chi connectivity index (χ0) is 18.1. The maximum atomic E-state index is 5.44. The molecule has 0 aliphatic carbocycles. The highest BCUT2D eigenvalue weighted by Gasteiger charge is 2.13. The Morgan fingerprint density at radius 3 is 2.41 bits per heavy atom. The molecule has 6 heteroatoms. The van der Waals surface area contributed by atoms with E-state index in [2.05, 4.69) is 39.1 Å². The van der Waals surface area contributed by atoms with Gasteiger partial charge in [0, 0.05) is 49.1 Å². The molecule has 0 saturated carbocycles. The van der Waals surface area contributed by atoms with Gasteiger partial charge in [-0.3, -0.25) is 4.98 Å². The van der Waals surface area contributed by atoms with Crippen molar-refractivity contribution in [2.75, 3.05) is 31.2 Å². The second kappa shape index (κ2) is 6.81. The molecular formula is C21H19N5O. The van der Waals surface area contributed by atoms with Gasteiger partial charge in [-0.15, -0.1) is 0 Å². The molecule has 0 amide bonds. The lowest BCUT2D eigenvalue weighted by Crippen LogP contribution is -2.36. The largest absolute Gasteiger partial charge is 0.378 e. The highest BCUT2D eigenvalue weighted by Crippen LogP contribution is 2.27. The van der Waals surface area contributed by atoms with Crippen molar-refractivity contribution < 1.29 is 4.74 Å². The second-order valence-corrected chi connectivity index (χ2v) is 6.49. The molecule has 1 aliphatic rings. The number of hydrogen-bond donors (Lipinski definition) is 0. The first-order valence-electron chi connectivity index (χ1n) is 9.07. The summed E-state index contributed by atoms with van der Waals surface area (Å²) >= 11 is 0. The summed E-state index contributed by atoms with van der Waals surface area (Å²) in [6.45, 7) is 3.43. The number of pyridine rings is 1. The number of nitrogens with zero attached hydrogens (tertiary/aromatic N) is 5. The highest BCUT2D eigenvalue weighted by molar-refractivity contribution is 5.85. The minimum Gasteiger partial charge on any atom is -0.378 e. The van der Waals surface area contributed by atoms with Gasteiger partial charge in [0.15, 0.2) is 5.82 Å². The number of ether oxygens (including phenoxy) is 1. The fourth-order valence-corrected chi connectivity index (χ4v) is 3.42. The molecule has 1 aliphatic heterocycles. The molecule has 4 heterocycles. The third-order valence-electron chi connectivity index (χ3n) is 4.83. The van der Waals surface area contributed by atoms with E-state index in [9.17, 15) is 0 Å². The molecule has 1 saturated heterocycles. The second-order valence-electron chi connectivity index (χ2n) is 6.49. The van der Waals surface area contributed by atoms with Crippen LogP contribution >= 0.6 is 0 Å². The van der Waals surface area contributed by atoms with Crippen LogP contribution in [0.1, 0.15) is 0 Å². The van der Waals surface area contributed by atoms with Gasteiger partial charge in [-0.1, -0.05) is 12.1 Å². The number of benzene rings is 1. The lowest BCUT2D eigenvalue weighted by atomic mass is 10.1. The monoisotopic (exact) mass is 357 g/mol. The van der Waals surface area contributed by atoms with E-state index in [0.29, 0.717) is 0 Å². The summed E-state index contributed by atoms with van der Waals surface area (Å²) in [4.78, 5) is 16.2. The van der Waals surface area contributed by atoms with Gasteiger partial charge in [-0.05, 0) is 30.3 Å². The molecule has 1 fully saturated rings. The standard InChI is InChI=1S/C21H19N5O/c1-2-10-26(9-1)21-20-19(22-7-8-23-20)15-18(24-21)16-3-5-17(6-4-16)25-11-13-27-14-12-25/h1-10,15H,11-14H2. The van der Waals surface area contributed by atoms with E-state index < -0.39 is 0 Å². The van der Waals surface area contributed by atoms with Crippen LogP contribution < -0.4 is 4.90 Å². The van der Waals surface area contributed by atoms with E-state index >= 15 is 0 Å². The van der Waals surface area contributed by atoms with Crippen LogP contribution in [-0.4, -0.2) is 45.8 Å². The molecular weight excluding hydrogens is 338 g/mol. The van der Waals surface area contributed by atoms with E-state index in [1.54, 1.807) is 12.4 Å². The molecule has 134 valence electrons. The zero-order valence-electron chi connectivity index (χ0n) is 14.8. The minimum atomic E-state index is 0.785. The van der Waals surface area contributed by atoms with Gasteiger partial charge < -0.3 is 14.2 Å². The summed E-state index contributed by atoms with van der Waals surface area (Å²) in [6.07, 6.45) is 7.37. The Morgan fingerprint density at radius 2 is 1.63 bits per heavy atom. The number of anilines is 1. The van der Waals surface area contributed by atoms with Gasteiger partial charge in [0.05, 0.1) is 24.4 Å². The molecule has 6 nitrogen and oxygen atoms in total. The summed E-state index contributed by atoms with van der Waals surface area (Å²) in [6, 6.07) is 14.5. The van der Waals surface area contributed by atoms with Gasteiger partial charge >= 0.3 is 0 Å². The Morgan fingerprint density at radius 1 is 0.889 bits per heavy atom. The number of rotatable bonds is 3. The Bertz CT molecular complexity index is 1050. The van der Waals surface area contributed by atoms with Crippen LogP contribution in [0.3, 0.4) is 0 Å². The molecule has 3 aromatic heterocycles. The molecule has 0 unspecified atom stereocenters. The molecule has 1 aromatic carbocycles. The van der Waals surface area contributed by atoms with Crippen molar-refractivity contribution in [3.8, 4) is 17.1 Å². The quantitative estimate of drug-likeness (QED) is 0.563. The third-order valence-corrected chi connectivity index (χ3v) is 4.83. The highest BCUT2D eigenvalue weighted by atomic mass is 16.5. The molecule has 4 aromatic rings. The minimum absolute atomic E-state index is 0.785. The van der Waals surface area contributed by atoms with E-state index in [1.807, 2.05) is 35.2 Å². The molecule has 27 heavy (non-hydrogen) atoms. The Hall–Kier alpha value is -3.25. The number of hydrogen-bond acceptors (Lipinski definition) is 5. The topological polar surface area (TPSA) is 56.1 Å². The van der Waals surface area contributed by atoms with Gasteiger partial charge in [0.25, 0.3) is 0 Å². The summed E-state index contributed by atoms with van der Waals surface area (Å²) in [5.41, 5.74) is 4.80. The van der Waals surface area contributed by atoms with Crippen molar-refractivity contribution in [1.29, 1.82) is 0 Å². The molecule has 5 rings (SSSR count). The molecule has 0 N–H and O–H groups in total. The van der Waals surface area contributed by atoms with Gasteiger partial charge in [0.1, 0.15) is 5.52 Å². The van der Waals surface area contributed by atoms with Crippen LogP contribution in [0.25, 0.3) is 28.1 Å². The van der Waals surface area contributed by atoms with E-state index in [1.165, 1.54) is 5.69 Å². The average Bonchev–Trinajstić information content (AvgIpc) is 3.28. The lowest BCUT2D eigenvalue weighted by Gasteiger charge is -2.28. The van der Waals surface area contributed by atoms with Crippen molar-refractivity contribution in [1.82, 2.24) is 19.5 Å². The van der Waals surface area contributed by atoms with Crippen LogP contribution in [0.5, 0.6) is 0 Å². The molecule has 0 spiro atoms. The van der Waals surface area contributed by atoms with Crippen LogP contribution in [0.4, 0.5) is 5.69 Å². The Kier molecular flexibility index (Phi) is 4.03. The summed E-state index contributed by atoms with van der Waals surface area (Å²) in [5, 5.41) is 0. The van der Waals surface area contributed by atoms with Gasteiger partial charge in [-0.2, -0.15) is 0 Å². The smallest absolute Gasteiger partial charge is 0.165 e. The lowest BCUT2D eigenvalue weighted by molar-refractivity contribution is 0.122. The maximum absolute atomic E-state index is 5.44. The fraction of sp³-hybridized carbons (Fsp3) is 0.190. The van der Waals surface area contributed by atoms with Crippen molar-refractivity contribution in [3.63, 3.8) is 0 Å². The first kappa shape index (κ1) is 16.0. The number of morpholine rings is 1. The first-order chi connectivity index (χ1) is 13.4. The summed E-state index contributed by atoms with van der Waals surface area (Å²) < 4.78 is 7.41. The van der Waals surface area contributed by atoms with E-state index in [-0.39, 0.29) is 0 Å². The summed E-state index contributed by atoms with van der Waals surface area (Å²) in [5.74, 6) is 0.790. The van der Waals surface area contributed by atoms with Gasteiger partial charge in [0.2, 0.25) is 0 Å². The predicted octanol–water partition coefficient (Wildman–Crippen LogP) is 3.32. The summed E-state index contributed by atoms with van der Waals surface area (Å²) in [7, 11) is 0. The normalized spacial score (nSPS) is 14.6. The number of fused-ring (bicyclic) bond motifs is 1.